The van der Waals surface area contributed by atoms with Crippen LogP contribution in [0.2, 0.25) is 0 Å². The number of aromatic hydroxyl groups is 30. The zero-order chi connectivity index (χ0) is 105. The molecule has 12 bridgehead atoms. The van der Waals surface area contributed by atoms with Gasteiger partial charge in [-0.1, -0.05) is 0 Å². The molecular weight excluding hydrogens is 1960 g/mol. The van der Waals surface area contributed by atoms with Gasteiger partial charge in [0, 0.05) is 63.7 Å². The first kappa shape index (κ1) is 95.8. The van der Waals surface area contributed by atoms with Gasteiger partial charge >= 0.3 is 65.7 Å². The van der Waals surface area contributed by atoms with Gasteiger partial charge in [0.2, 0.25) is 82.3 Å². The van der Waals surface area contributed by atoms with E-state index in [1.54, 1.807) is 0 Å². The van der Waals surface area contributed by atoms with E-state index in [-0.39, 0.29) is 48.5 Å². The smallest absolute Gasteiger partial charge is 0.347 e. The molecule has 6 heterocycles. The Bertz CT molecular complexity index is 7570. The molecule has 2 fully saturated rings. The van der Waals surface area contributed by atoms with Crippen molar-refractivity contribution in [3.63, 3.8) is 0 Å². The Balaban J connectivity index is 0.935. The number of fused-ring (bicyclic) bond motifs is 15. The average molecular weight is 2020 g/mol. The quantitative estimate of drug-likeness (QED) is 0.0443. The Morgan fingerprint density at radius 2 is 0.497 bits per heavy atom. The van der Waals surface area contributed by atoms with Gasteiger partial charge in [-0.15, -0.1) is 0 Å². The number of rotatable bonds is 7. The molecule has 17 rings (SSSR count). The molecule has 750 valence electrons. The molecule has 0 amide bonds. The van der Waals surface area contributed by atoms with E-state index in [1.807, 2.05) is 0 Å². The highest BCUT2D eigenvalue weighted by Crippen LogP contribution is 2.62. The van der Waals surface area contributed by atoms with Crippen LogP contribution in [0, 0.1) is 0 Å². The van der Waals surface area contributed by atoms with Gasteiger partial charge in [-0.05, 0) is 54.6 Å². The zero-order valence-corrected chi connectivity index (χ0v) is 70.8. The summed E-state index contributed by atoms with van der Waals surface area (Å²) in [5.74, 6) is -82.1. The fourth-order valence-corrected chi connectivity index (χ4v) is 15.8. The zero-order valence-electron chi connectivity index (χ0n) is 70.8. The summed E-state index contributed by atoms with van der Waals surface area (Å²) in [6.07, 6.45) is -30.1. The molecule has 11 aromatic rings. The summed E-state index contributed by atoms with van der Waals surface area (Å²) < 4.78 is 86.7. The molecule has 6 aliphatic rings. The molecule has 0 aliphatic carbocycles. The first-order chi connectivity index (χ1) is 68.3. The van der Waals surface area contributed by atoms with Crippen LogP contribution in [-0.4, -0.2) is 293 Å². The van der Waals surface area contributed by atoms with Crippen LogP contribution in [0.1, 0.15) is 114 Å². The van der Waals surface area contributed by atoms with E-state index in [2.05, 4.69) is 0 Å². The molecule has 0 saturated carbocycles. The number of carbonyl (C=O) groups is 11. The van der Waals surface area contributed by atoms with Crippen LogP contribution in [0.15, 0.2) is 84.9 Å². The topological polar surface area (TPSA) is 933 Å². The van der Waals surface area contributed by atoms with Crippen molar-refractivity contribution in [2.45, 2.75) is 61.4 Å². The largest absolute Gasteiger partial charge is 0.504 e. The summed E-state index contributed by atoms with van der Waals surface area (Å²) in [5.41, 5.74) is -24.9. The molecule has 0 aromatic heterocycles. The van der Waals surface area contributed by atoms with Crippen LogP contribution in [0.3, 0.4) is 0 Å². The third kappa shape index (κ3) is 15.9. The Kier molecular flexibility index (Phi) is 23.1. The summed E-state index contributed by atoms with van der Waals surface area (Å²) in [6, 6.07) is 3.14. The second kappa shape index (κ2) is 35.0. The molecule has 56 nitrogen and oxygen atoms in total. The molecule has 10 unspecified atom stereocenters. The molecule has 10 atom stereocenters. The Morgan fingerprint density at radius 3 is 0.855 bits per heavy atom. The first-order valence-electron chi connectivity index (χ1n) is 40.2. The summed E-state index contributed by atoms with van der Waals surface area (Å²) in [6.45, 7) is -3.46. The minimum Gasteiger partial charge on any atom is -0.504 e. The average Bonchev–Trinajstić information content (AvgIpc) is 1.48. The van der Waals surface area contributed by atoms with Crippen molar-refractivity contribution in [1.29, 1.82) is 0 Å². The number of benzene rings is 11. The summed E-state index contributed by atoms with van der Waals surface area (Å²) in [5, 5.41) is 341. The normalized spacial score (nSPS) is 19.4. The highest BCUT2D eigenvalue weighted by molar-refractivity contribution is 6.13. The van der Waals surface area contributed by atoms with Crippen molar-refractivity contribution in [2.24, 2.45) is 0 Å². The SMILES string of the molecule is O=C(OCC1OC(OC(=O)c2cc(O)c(O)c(O)c2)C2OC(=O)c3cc4c(O)c(O)c3-c3c(cc(O)c(O)c3O)C(=O)OC2C1OC(=O)c1cc(O)c(O)c(O)c1Oc1cc2c(c(O)c1O)-c1c(cc(O)c(O)c1O)C(=O)OC1C(OC(=O)c3cc(O)c(O)c(O)c3)OC3COC(=O)c5cc(c(O)c(O)c5-c5c(cc(O)c(O)c5O)C(=O)OC3C1OC2=O)OC(=O)c1cc(O)c(O)c(O)c1O4)c1cc(O)c(O)c(O)c1. The second-order valence-corrected chi connectivity index (χ2v) is 31.5. The summed E-state index contributed by atoms with van der Waals surface area (Å²) >= 11 is 0. The van der Waals surface area contributed by atoms with Crippen molar-refractivity contribution in [3.05, 3.63) is 146 Å². The van der Waals surface area contributed by atoms with Gasteiger partial charge in [-0.25, -0.2) is 52.7 Å². The van der Waals surface area contributed by atoms with Crippen molar-refractivity contribution >= 4 is 65.7 Å². The van der Waals surface area contributed by atoms with E-state index in [0.29, 0.717) is 36.4 Å². The fraction of sp³-hybridized carbons (Fsp3) is 0.135. The maximum atomic E-state index is 16.1. The Morgan fingerprint density at radius 1 is 0.241 bits per heavy atom. The lowest BCUT2D eigenvalue weighted by Crippen LogP contribution is -2.63. The van der Waals surface area contributed by atoms with Crippen molar-refractivity contribution in [1.82, 2.24) is 0 Å². The van der Waals surface area contributed by atoms with Gasteiger partial charge in [0.05, 0.1) is 50.1 Å². The van der Waals surface area contributed by atoms with E-state index < -0.39 is 436 Å². The molecule has 2 saturated heterocycles. The highest BCUT2D eigenvalue weighted by Gasteiger charge is 2.59. The van der Waals surface area contributed by atoms with Crippen molar-refractivity contribution in [3.8, 4) is 235 Å². The Labute approximate surface area is 795 Å². The second-order valence-electron chi connectivity index (χ2n) is 31.5. The van der Waals surface area contributed by atoms with Crippen LogP contribution in [0.25, 0.3) is 33.4 Å². The van der Waals surface area contributed by atoms with Crippen LogP contribution in [0.5, 0.6) is 201 Å². The number of carbonyl (C=O) groups excluding carboxylic acids is 11. The predicted molar refractivity (Wildman–Crippen MR) is 447 cm³/mol. The van der Waals surface area contributed by atoms with Gasteiger partial charge < -0.3 is 224 Å². The maximum absolute atomic E-state index is 16.1. The van der Waals surface area contributed by atoms with E-state index >= 15 is 38.4 Å². The third-order valence-corrected chi connectivity index (χ3v) is 22.8. The lowest BCUT2D eigenvalue weighted by Gasteiger charge is -2.44. The van der Waals surface area contributed by atoms with Gasteiger partial charge in [0.1, 0.15) is 36.5 Å². The Hall–Kier alpha value is -20.9. The molecule has 145 heavy (non-hydrogen) atoms. The van der Waals surface area contributed by atoms with Crippen molar-refractivity contribution < 1.29 is 277 Å². The number of phenols is 30. The molecule has 6 aliphatic heterocycles. The van der Waals surface area contributed by atoms with Crippen molar-refractivity contribution in [2.75, 3.05) is 13.2 Å². The van der Waals surface area contributed by atoms with Crippen LogP contribution in [0.4, 0.5) is 0 Å². The van der Waals surface area contributed by atoms with Gasteiger partial charge in [-0.2, -0.15) is 0 Å². The number of hydrogen-bond acceptors (Lipinski definition) is 56. The van der Waals surface area contributed by atoms with Crippen LogP contribution >= 0.6 is 0 Å². The lowest BCUT2D eigenvalue weighted by atomic mass is 9.90. The molecule has 30 N–H and O–H groups in total. The predicted octanol–water partition coefficient (Wildman–Crippen LogP) is 4.74. The standard InChI is InChI=1S/C89H58O56/c90-28-1-17(2-29(91)50(28)101)77(120)131-15-42-72-74-76(89(136-42)145-79(122)19-5-32(94)52(103)33(95)6-19)143-85(128)25-14-40(59(110)66(117)49(25)45-21(82(125)140-74)8-35(97)54(105)62(45)113)133-69-26(10-37(99)56(107)67(69)118)86(129)135-41-12-23-47(64(115)60(41)111)44-20(7-34(96)53(104)61(44)112)81(124)138-71-43(16-132-80(23)123)137-88(144-78(121)18-3-30(92)51(102)31(93)4-18)75-73(71)141-84(127)24-13-39(134-70-27(87(130)139-72)11-38(100)57(108)68(70)119)58(109)65(116)48(24)46-22(83(126)142-75)9-36(98)55(106)63(46)114/h1-14,42-43,71-76,88-119H,15-16H2. The highest BCUT2D eigenvalue weighted by atomic mass is 16.8. The van der Waals surface area contributed by atoms with Gasteiger partial charge in [0.25, 0.3) is 0 Å². The van der Waals surface area contributed by atoms with Gasteiger partial charge in [-0.3, -0.25) is 0 Å². The number of phenolic OH excluding ortho intramolecular Hbond substituents is 30. The monoisotopic (exact) mass is 2020 g/mol. The lowest BCUT2D eigenvalue weighted by molar-refractivity contribution is -0.283. The minimum absolute atomic E-state index is 0.0226. The number of hydrogen-bond donors (Lipinski definition) is 30. The minimum atomic E-state index is -3.19. The van der Waals surface area contributed by atoms with E-state index in [9.17, 15) is 168 Å². The van der Waals surface area contributed by atoms with E-state index in [1.165, 1.54) is 0 Å². The maximum Gasteiger partial charge on any atom is 0.347 e. The number of esters is 11. The molecule has 0 spiro atoms. The van der Waals surface area contributed by atoms with Gasteiger partial charge in [0.15, 0.2) is 168 Å². The molecule has 0 radical (unpaired) electrons. The van der Waals surface area contributed by atoms with Crippen LogP contribution < -0.4 is 14.2 Å². The third-order valence-electron chi connectivity index (χ3n) is 22.8. The fourth-order valence-electron chi connectivity index (χ4n) is 15.8. The molecule has 56 heteroatoms. The van der Waals surface area contributed by atoms with E-state index in [4.69, 9.17) is 71.1 Å². The first-order valence-corrected chi connectivity index (χ1v) is 40.2. The molecule has 11 aromatic carbocycles. The number of ether oxygens (including phenoxy) is 15. The molecular formula is C89H58O56. The summed E-state index contributed by atoms with van der Waals surface area (Å²) in [4.78, 5) is 169. The van der Waals surface area contributed by atoms with E-state index in [0.717, 1.165) is 0 Å². The summed E-state index contributed by atoms with van der Waals surface area (Å²) in [7, 11) is 0. The van der Waals surface area contributed by atoms with Crippen LogP contribution in [-0.2, 0) is 56.8 Å².